The quantitative estimate of drug-likeness (QED) is 0.130. The topological polar surface area (TPSA) is 111 Å². The number of nitrogens with zero attached hydrogens (tertiary/aromatic N) is 2. The van der Waals surface area contributed by atoms with Crippen LogP contribution in [0.2, 0.25) is 0 Å². The van der Waals surface area contributed by atoms with Crippen LogP contribution in [0, 0.1) is 11.6 Å². The van der Waals surface area contributed by atoms with Gasteiger partial charge in [0, 0.05) is 43.4 Å². The van der Waals surface area contributed by atoms with Gasteiger partial charge in [-0.15, -0.1) is 0 Å². The van der Waals surface area contributed by atoms with Crippen molar-refractivity contribution in [3.63, 3.8) is 0 Å². The van der Waals surface area contributed by atoms with E-state index in [1.54, 1.807) is 34.1 Å². The first-order valence-corrected chi connectivity index (χ1v) is 19.5. The Morgan fingerprint density at radius 2 is 0.983 bits per heavy atom. The molecule has 0 saturated carbocycles. The summed E-state index contributed by atoms with van der Waals surface area (Å²) in [7, 11) is 0. The Kier molecular flexibility index (Phi) is 12.9. The van der Waals surface area contributed by atoms with E-state index in [1.165, 1.54) is 24.3 Å². The lowest BCUT2D eigenvalue weighted by Crippen LogP contribution is -2.40. The van der Waals surface area contributed by atoms with Crippen LogP contribution in [-0.4, -0.2) is 38.1 Å². The molecule has 2 heterocycles. The van der Waals surface area contributed by atoms with Crippen molar-refractivity contribution in [2.24, 2.45) is 11.5 Å². The fourth-order valence-corrected chi connectivity index (χ4v) is 7.12. The standard InChI is InChI=1S/2C24H23FN2O2/c25-20-9-6-17(7-10-20)12-14-27(21-11-8-18-13-15-29-22(18)16-21)24(28)23(26)19-4-2-1-3-5-19;25-20-8-6-17(7-9-20)12-14-27(21-10-11-22-19(16-21)13-15-29-22)24(28)23(26)18-4-2-1-3-5-18/h2*1-11,16,23H,12-15,26H2/t2*23-/m00/s1. The van der Waals surface area contributed by atoms with Gasteiger partial charge in [0.1, 0.15) is 35.2 Å². The van der Waals surface area contributed by atoms with Gasteiger partial charge >= 0.3 is 0 Å². The second-order valence-corrected chi connectivity index (χ2v) is 14.3. The number of rotatable bonds is 12. The average molecular weight is 781 g/mol. The molecular weight excluding hydrogens is 735 g/mol. The molecule has 8 nitrogen and oxygen atoms in total. The first-order valence-electron chi connectivity index (χ1n) is 19.5. The Hall–Kier alpha value is -6.36. The van der Waals surface area contributed by atoms with E-state index >= 15 is 0 Å². The van der Waals surface area contributed by atoms with Crippen LogP contribution in [0.5, 0.6) is 11.5 Å². The zero-order valence-electron chi connectivity index (χ0n) is 32.1. The van der Waals surface area contributed by atoms with Crippen molar-refractivity contribution in [2.75, 3.05) is 36.1 Å². The van der Waals surface area contributed by atoms with Gasteiger partial charge in [-0.3, -0.25) is 9.59 Å². The third kappa shape index (κ3) is 9.77. The van der Waals surface area contributed by atoms with Crippen LogP contribution in [0.3, 0.4) is 0 Å². The highest BCUT2D eigenvalue weighted by Gasteiger charge is 2.27. The van der Waals surface area contributed by atoms with Gasteiger partial charge in [-0.05, 0) is 94.8 Å². The third-order valence-electron chi connectivity index (χ3n) is 10.4. The zero-order chi connectivity index (χ0) is 40.4. The van der Waals surface area contributed by atoms with Crippen LogP contribution in [0.1, 0.15) is 45.5 Å². The SMILES string of the molecule is N[C@H](C(=O)N(CCc1ccc(F)cc1)c1ccc2c(c1)CCO2)c1ccccc1.N[C@H](C(=O)N(CCc1ccc(F)cc1)c1ccc2c(c1)OCC2)c1ccccc1. The number of fused-ring (bicyclic) bond motifs is 2. The number of nitrogens with two attached hydrogens (primary N) is 2. The normalized spacial score (nSPS) is 13.4. The largest absolute Gasteiger partial charge is 0.493 e. The molecule has 0 radical (unpaired) electrons. The van der Waals surface area contributed by atoms with E-state index in [9.17, 15) is 18.4 Å². The van der Waals surface area contributed by atoms with Crippen molar-refractivity contribution in [1.29, 1.82) is 0 Å². The molecule has 2 amide bonds. The molecular formula is C48H46F2N4O4. The summed E-state index contributed by atoms with van der Waals surface area (Å²) in [5.74, 6) is 0.783. The molecule has 2 aliphatic rings. The lowest BCUT2D eigenvalue weighted by molar-refractivity contribution is -0.120. The molecule has 0 unspecified atom stereocenters. The van der Waals surface area contributed by atoms with E-state index in [-0.39, 0.29) is 23.4 Å². The van der Waals surface area contributed by atoms with Gasteiger partial charge < -0.3 is 30.7 Å². The van der Waals surface area contributed by atoms with Gasteiger partial charge in [-0.1, -0.05) is 91.0 Å². The maximum Gasteiger partial charge on any atom is 0.248 e. The van der Waals surface area contributed by atoms with Crippen LogP contribution in [0.15, 0.2) is 146 Å². The highest BCUT2D eigenvalue weighted by Crippen LogP contribution is 2.33. The molecule has 0 aliphatic carbocycles. The molecule has 296 valence electrons. The van der Waals surface area contributed by atoms with Gasteiger partial charge in [-0.25, -0.2) is 8.78 Å². The average Bonchev–Trinajstić information content (AvgIpc) is 3.95. The second kappa shape index (κ2) is 18.7. The van der Waals surface area contributed by atoms with Crippen molar-refractivity contribution < 1.29 is 27.8 Å². The maximum absolute atomic E-state index is 13.3. The molecule has 0 saturated heterocycles. The molecule has 2 aliphatic heterocycles. The van der Waals surface area contributed by atoms with Gasteiger partial charge in [-0.2, -0.15) is 0 Å². The number of halogens is 2. The fourth-order valence-electron chi connectivity index (χ4n) is 7.12. The summed E-state index contributed by atoms with van der Waals surface area (Å²) < 4.78 is 37.7. The number of benzene rings is 6. The first-order chi connectivity index (χ1) is 28.2. The second-order valence-electron chi connectivity index (χ2n) is 14.3. The van der Waals surface area contributed by atoms with Crippen LogP contribution in [0.25, 0.3) is 0 Å². The molecule has 6 aromatic rings. The molecule has 58 heavy (non-hydrogen) atoms. The lowest BCUT2D eigenvalue weighted by Gasteiger charge is -2.26. The van der Waals surface area contributed by atoms with Crippen LogP contribution in [0.4, 0.5) is 20.2 Å². The predicted molar refractivity (Wildman–Crippen MR) is 223 cm³/mol. The van der Waals surface area contributed by atoms with E-state index in [0.29, 0.717) is 39.1 Å². The van der Waals surface area contributed by atoms with Gasteiger partial charge in [0.05, 0.1) is 13.2 Å². The number of hydrogen-bond donors (Lipinski definition) is 2. The summed E-state index contributed by atoms with van der Waals surface area (Å²) in [4.78, 5) is 30.1. The summed E-state index contributed by atoms with van der Waals surface area (Å²) in [6.07, 6.45) is 2.89. The van der Waals surface area contributed by atoms with Crippen LogP contribution < -0.4 is 30.7 Å². The van der Waals surface area contributed by atoms with Gasteiger partial charge in [0.25, 0.3) is 0 Å². The number of ether oxygens (including phenoxy) is 2. The van der Waals surface area contributed by atoms with Crippen molar-refractivity contribution in [3.8, 4) is 11.5 Å². The van der Waals surface area contributed by atoms with Crippen molar-refractivity contribution in [3.05, 3.63) is 191 Å². The number of carbonyl (C=O) groups excluding carboxylic acids is 2. The minimum atomic E-state index is -0.765. The van der Waals surface area contributed by atoms with E-state index < -0.39 is 12.1 Å². The maximum atomic E-state index is 13.3. The van der Waals surface area contributed by atoms with E-state index in [4.69, 9.17) is 20.9 Å². The Labute approximate surface area is 337 Å². The first kappa shape index (κ1) is 39.9. The Bertz CT molecular complexity index is 2140. The Balaban J connectivity index is 0.000000177. The summed E-state index contributed by atoms with van der Waals surface area (Å²) in [6.45, 7) is 2.20. The minimum absolute atomic E-state index is 0.169. The molecule has 2 atom stereocenters. The molecule has 0 aromatic heterocycles. The minimum Gasteiger partial charge on any atom is -0.493 e. The number of hydrogen-bond acceptors (Lipinski definition) is 6. The lowest BCUT2D eigenvalue weighted by atomic mass is 10.0. The third-order valence-corrected chi connectivity index (χ3v) is 10.4. The summed E-state index contributed by atoms with van der Waals surface area (Å²) in [5, 5.41) is 0. The summed E-state index contributed by atoms with van der Waals surface area (Å²) >= 11 is 0. The van der Waals surface area contributed by atoms with E-state index in [0.717, 1.165) is 69.1 Å². The van der Waals surface area contributed by atoms with E-state index in [2.05, 4.69) is 0 Å². The van der Waals surface area contributed by atoms with Crippen LogP contribution >= 0.6 is 0 Å². The van der Waals surface area contributed by atoms with Crippen molar-refractivity contribution in [2.45, 2.75) is 37.8 Å². The monoisotopic (exact) mass is 780 g/mol. The molecule has 0 fully saturated rings. The molecule has 0 spiro atoms. The van der Waals surface area contributed by atoms with Gasteiger partial charge in [0.2, 0.25) is 11.8 Å². The highest BCUT2D eigenvalue weighted by atomic mass is 19.1. The summed E-state index contributed by atoms with van der Waals surface area (Å²) in [6, 6.07) is 41.5. The van der Waals surface area contributed by atoms with E-state index in [1.807, 2.05) is 97.1 Å². The predicted octanol–water partition coefficient (Wildman–Crippen LogP) is 8.07. The number of anilines is 2. The Morgan fingerprint density at radius 1 is 0.534 bits per heavy atom. The number of carbonyl (C=O) groups is 2. The zero-order valence-corrected chi connectivity index (χ0v) is 32.1. The highest BCUT2D eigenvalue weighted by molar-refractivity contribution is 5.98. The fraction of sp³-hybridized carbons (Fsp3) is 0.208. The van der Waals surface area contributed by atoms with Gasteiger partial charge in [0.15, 0.2) is 0 Å². The van der Waals surface area contributed by atoms with Crippen LogP contribution in [-0.2, 0) is 35.3 Å². The summed E-state index contributed by atoms with van der Waals surface area (Å²) in [5.41, 5.74) is 19.9. The molecule has 0 bridgehead atoms. The van der Waals surface area contributed by atoms with Crippen molar-refractivity contribution >= 4 is 23.2 Å². The smallest absolute Gasteiger partial charge is 0.248 e. The van der Waals surface area contributed by atoms with Crippen molar-refractivity contribution in [1.82, 2.24) is 0 Å². The number of amides is 2. The molecule has 8 rings (SSSR count). The molecule has 10 heteroatoms. The molecule has 4 N–H and O–H groups in total. The molecule has 6 aromatic carbocycles. The Morgan fingerprint density at radius 3 is 1.50 bits per heavy atom.